The van der Waals surface area contributed by atoms with E-state index in [9.17, 15) is 14.9 Å². The standard InChI is InChI=1S/C19H19N5O4/c25-19-15-4-2-1-3-14(15)18(21-22-19)20-12-13-5-6-16(17(11-13)24(26)27)23-7-9-28-10-8-23/h1-6,11H,7-10,12H2,(H,20,21)(H,22,25). The second-order valence-corrected chi connectivity index (χ2v) is 6.48. The summed E-state index contributed by atoms with van der Waals surface area (Å²) in [7, 11) is 0. The van der Waals surface area contributed by atoms with Gasteiger partial charge in [0.2, 0.25) is 0 Å². The molecule has 9 nitrogen and oxygen atoms in total. The minimum absolute atomic E-state index is 0.0699. The zero-order valence-electron chi connectivity index (χ0n) is 15.1. The van der Waals surface area contributed by atoms with Gasteiger partial charge in [-0.2, -0.15) is 5.10 Å². The summed E-state index contributed by atoms with van der Waals surface area (Å²) in [4.78, 5) is 25.1. The average molecular weight is 381 g/mol. The maximum atomic E-state index is 11.9. The van der Waals surface area contributed by atoms with Crippen LogP contribution in [0, 0.1) is 10.1 Å². The number of rotatable bonds is 5. The number of nitro benzene ring substituents is 1. The van der Waals surface area contributed by atoms with Gasteiger partial charge in [0.05, 0.1) is 23.5 Å². The van der Waals surface area contributed by atoms with Gasteiger partial charge in [0.15, 0.2) is 5.82 Å². The highest BCUT2D eigenvalue weighted by Crippen LogP contribution is 2.30. The van der Waals surface area contributed by atoms with Crippen LogP contribution in [0.1, 0.15) is 5.56 Å². The number of ether oxygens (including phenoxy) is 1. The van der Waals surface area contributed by atoms with Crippen molar-refractivity contribution in [3.05, 3.63) is 68.5 Å². The molecule has 0 bridgehead atoms. The van der Waals surface area contributed by atoms with Gasteiger partial charge < -0.3 is 15.0 Å². The zero-order chi connectivity index (χ0) is 19.5. The van der Waals surface area contributed by atoms with E-state index in [-0.39, 0.29) is 16.2 Å². The Bertz CT molecular complexity index is 1080. The summed E-state index contributed by atoms with van der Waals surface area (Å²) in [5.74, 6) is 0.523. The molecule has 3 aromatic rings. The topological polar surface area (TPSA) is 113 Å². The van der Waals surface area contributed by atoms with Crippen molar-refractivity contribution >= 4 is 28.0 Å². The Morgan fingerprint density at radius 3 is 2.68 bits per heavy atom. The van der Waals surface area contributed by atoms with Gasteiger partial charge in [-0.25, -0.2) is 5.10 Å². The van der Waals surface area contributed by atoms with E-state index >= 15 is 0 Å². The first-order valence-corrected chi connectivity index (χ1v) is 8.95. The molecule has 1 saturated heterocycles. The molecule has 2 aromatic carbocycles. The van der Waals surface area contributed by atoms with Crippen LogP contribution in [0.5, 0.6) is 0 Å². The van der Waals surface area contributed by atoms with Gasteiger partial charge in [-0.15, -0.1) is 0 Å². The third kappa shape index (κ3) is 3.52. The van der Waals surface area contributed by atoms with Gasteiger partial charge in [-0.05, 0) is 17.7 Å². The minimum Gasteiger partial charge on any atom is -0.378 e. The molecule has 1 aliphatic rings. The van der Waals surface area contributed by atoms with Crippen molar-refractivity contribution in [2.24, 2.45) is 0 Å². The van der Waals surface area contributed by atoms with Gasteiger partial charge in [-0.3, -0.25) is 14.9 Å². The number of H-pyrrole nitrogens is 1. The molecule has 0 amide bonds. The van der Waals surface area contributed by atoms with E-state index in [4.69, 9.17) is 4.74 Å². The molecule has 0 aliphatic carbocycles. The third-order valence-electron chi connectivity index (χ3n) is 4.74. The van der Waals surface area contributed by atoms with Crippen LogP contribution in [0.3, 0.4) is 0 Å². The quantitative estimate of drug-likeness (QED) is 0.515. The molecule has 0 radical (unpaired) electrons. The van der Waals surface area contributed by atoms with E-state index in [0.29, 0.717) is 55.1 Å². The SMILES string of the molecule is O=c1[nH]nc(NCc2ccc(N3CCOCC3)c([N+](=O)[O-])c2)c2ccccc12. The van der Waals surface area contributed by atoms with Gasteiger partial charge >= 0.3 is 0 Å². The first-order valence-electron chi connectivity index (χ1n) is 8.95. The number of aromatic amines is 1. The summed E-state index contributed by atoms with van der Waals surface area (Å²) in [5.41, 5.74) is 1.16. The molecule has 0 saturated carbocycles. The van der Waals surface area contributed by atoms with Crippen LogP contribution in [-0.2, 0) is 11.3 Å². The summed E-state index contributed by atoms with van der Waals surface area (Å²) in [6.07, 6.45) is 0. The number of hydrogen-bond acceptors (Lipinski definition) is 7. The molecule has 1 aromatic heterocycles. The first-order chi connectivity index (χ1) is 13.6. The Balaban J connectivity index is 1.59. The van der Waals surface area contributed by atoms with Crippen molar-refractivity contribution in [3.63, 3.8) is 0 Å². The van der Waals surface area contributed by atoms with E-state index in [1.54, 1.807) is 24.3 Å². The number of hydrogen-bond donors (Lipinski definition) is 2. The molecular weight excluding hydrogens is 362 g/mol. The average Bonchev–Trinajstić information content (AvgIpc) is 2.74. The molecule has 0 spiro atoms. The van der Waals surface area contributed by atoms with Gasteiger partial charge in [-0.1, -0.05) is 24.3 Å². The van der Waals surface area contributed by atoms with Crippen LogP contribution in [0.15, 0.2) is 47.3 Å². The number of nitrogens with one attached hydrogen (secondary N) is 2. The maximum absolute atomic E-state index is 11.9. The van der Waals surface area contributed by atoms with Crippen LogP contribution in [0.25, 0.3) is 10.8 Å². The Hall–Kier alpha value is -3.46. The van der Waals surface area contributed by atoms with Crippen molar-refractivity contribution in [2.45, 2.75) is 6.54 Å². The Morgan fingerprint density at radius 1 is 1.18 bits per heavy atom. The molecule has 9 heteroatoms. The summed E-state index contributed by atoms with van der Waals surface area (Å²) >= 11 is 0. The summed E-state index contributed by atoms with van der Waals surface area (Å²) in [6, 6.07) is 12.4. The number of aromatic nitrogens is 2. The summed E-state index contributed by atoms with van der Waals surface area (Å²) < 4.78 is 5.32. The molecule has 2 heterocycles. The second kappa shape index (κ2) is 7.65. The minimum atomic E-state index is -0.359. The number of anilines is 2. The fraction of sp³-hybridized carbons (Fsp3) is 0.263. The molecule has 144 valence electrons. The highest BCUT2D eigenvalue weighted by atomic mass is 16.6. The lowest BCUT2D eigenvalue weighted by molar-refractivity contribution is -0.384. The van der Waals surface area contributed by atoms with Crippen LogP contribution in [0.2, 0.25) is 0 Å². The lowest BCUT2D eigenvalue weighted by Gasteiger charge is -2.28. The largest absolute Gasteiger partial charge is 0.378 e. The molecule has 0 unspecified atom stereocenters. The Labute approximate surface area is 160 Å². The number of morpholine rings is 1. The monoisotopic (exact) mass is 381 g/mol. The van der Waals surface area contributed by atoms with Crippen molar-refractivity contribution < 1.29 is 9.66 Å². The molecule has 28 heavy (non-hydrogen) atoms. The zero-order valence-corrected chi connectivity index (χ0v) is 15.1. The van der Waals surface area contributed by atoms with Crippen LogP contribution < -0.4 is 15.8 Å². The fourth-order valence-corrected chi connectivity index (χ4v) is 3.33. The smallest absolute Gasteiger partial charge is 0.292 e. The molecule has 2 N–H and O–H groups in total. The molecular formula is C19H19N5O4. The summed E-state index contributed by atoms with van der Waals surface area (Å²) in [5, 5.41) is 22.5. The maximum Gasteiger partial charge on any atom is 0.292 e. The van der Waals surface area contributed by atoms with Crippen molar-refractivity contribution in [1.82, 2.24) is 10.2 Å². The van der Waals surface area contributed by atoms with Crippen molar-refractivity contribution in [1.29, 1.82) is 0 Å². The van der Waals surface area contributed by atoms with E-state index in [1.165, 1.54) is 0 Å². The fourth-order valence-electron chi connectivity index (χ4n) is 3.33. The predicted octanol–water partition coefficient (Wildman–Crippen LogP) is 2.28. The number of fused-ring (bicyclic) bond motifs is 1. The Kier molecular flexibility index (Phi) is 4.90. The molecule has 0 atom stereocenters. The number of nitrogens with zero attached hydrogens (tertiary/aromatic N) is 3. The van der Waals surface area contributed by atoms with Crippen LogP contribution in [-0.4, -0.2) is 41.4 Å². The second-order valence-electron chi connectivity index (χ2n) is 6.48. The number of benzene rings is 2. The van der Waals surface area contributed by atoms with Crippen LogP contribution in [0.4, 0.5) is 17.2 Å². The molecule has 1 fully saturated rings. The van der Waals surface area contributed by atoms with Crippen molar-refractivity contribution in [3.8, 4) is 0 Å². The van der Waals surface area contributed by atoms with E-state index in [2.05, 4.69) is 15.5 Å². The third-order valence-corrected chi connectivity index (χ3v) is 4.74. The van der Waals surface area contributed by atoms with E-state index < -0.39 is 0 Å². The first kappa shape index (κ1) is 17.9. The van der Waals surface area contributed by atoms with Gasteiger partial charge in [0, 0.05) is 31.1 Å². The highest BCUT2D eigenvalue weighted by molar-refractivity contribution is 5.90. The normalized spacial score (nSPS) is 14.2. The van der Waals surface area contributed by atoms with E-state index in [1.807, 2.05) is 23.1 Å². The molecule has 1 aliphatic heterocycles. The van der Waals surface area contributed by atoms with Gasteiger partial charge in [0.25, 0.3) is 11.2 Å². The number of nitro groups is 1. The summed E-state index contributed by atoms with van der Waals surface area (Å²) in [6.45, 7) is 2.72. The van der Waals surface area contributed by atoms with Crippen molar-refractivity contribution in [2.75, 3.05) is 36.5 Å². The Morgan fingerprint density at radius 2 is 1.93 bits per heavy atom. The lowest BCUT2D eigenvalue weighted by Crippen LogP contribution is -2.36. The predicted molar refractivity (Wildman–Crippen MR) is 106 cm³/mol. The van der Waals surface area contributed by atoms with Gasteiger partial charge in [0.1, 0.15) is 5.69 Å². The van der Waals surface area contributed by atoms with E-state index in [0.717, 1.165) is 5.56 Å². The highest BCUT2D eigenvalue weighted by Gasteiger charge is 2.21. The molecule has 4 rings (SSSR count). The van der Waals surface area contributed by atoms with Crippen LogP contribution >= 0.6 is 0 Å². The lowest BCUT2D eigenvalue weighted by atomic mass is 10.1.